The summed E-state index contributed by atoms with van der Waals surface area (Å²) in [6.07, 6.45) is 13.1. The van der Waals surface area contributed by atoms with Crippen LogP contribution in [0.2, 0.25) is 0 Å². The van der Waals surface area contributed by atoms with Crippen molar-refractivity contribution in [2.24, 2.45) is 0 Å². The average molecular weight is 485 g/mol. The van der Waals surface area contributed by atoms with Crippen LogP contribution in [0.25, 0.3) is 10.2 Å². The Kier molecular flexibility index (Phi) is 7.30. The molecule has 1 saturated heterocycles. The van der Waals surface area contributed by atoms with Crippen LogP contribution in [-0.2, 0) is 11.3 Å². The number of nitrogens with one attached hydrogen (secondary N) is 1. The number of rotatable bonds is 6. The first-order chi connectivity index (χ1) is 16.6. The minimum absolute atomic E-state index is 0.00334. The van der Waals surface area contributed by atoms with Gasteiger partial charge >= 0.3 is 0 Å². The van der Waals surface area contributed by atoms with Crippen molar-refractivity contribution >= 4 is 33.4 Å². The Morgan fingerprint density at radius 2 is 1.76 bits per heavy atom. The van der Waals surface area contributed by atoms with E-state index in [0.29, 0.717) is 13.1 Å². The third-order valence-corrected chi connectivity index (χ3v) is 9.14. The van der Waals surface area contributed by atoms with E-state index in [1.165, 1.54) is 51.4 Å². The van der Waals surface area contributed by atoms with Gasteiger partial charge in [-0.1, -0.05) is 38.5 Å². The highest BCUT2D eigenvalue weighted by atomic mass is 32.1. The monoisotopic (exact) mass is 484 g/mol. The van der Waals surface area contributed by atoms with Gasteiger partial charge in [-0.05, 0) is 76.2 Å². The average Bonchev–Trinajstić information content (AvgIpc) is 3.41. The summed E-state index contributed by atoms with van der Waals surface area (Å²) in [5.41, 5.74) is 0.935. The van der Waals surface area contributed by atoms with Gasteiger partial charge in [0, 0.05) is 12.6 Å². The molecule has 186 valence electrons. The number of hydrogen-bond acceptors (Lipinski definition) is 4. The number of carbonyl (C=O) groups excluding carboxylic acids is 2. The van der Waals surface area contributed by atoms with Gasteiger partial charge in [-0.2, -0.15) is 0 Å². The molecule has 2 aliphatic heterocycles. The molecule has 5 rings (SSSR count). The van der Waals surface area contributed by atoms with Gasteiger partial charge in [0.1, 0.15) is 11.2 Å². The van der Waals surface area contributed by atoms with E-state index >= 15 is 0 Å². The minimum atomic E-state index is -0.873. The molecule has 7 heteroatoms. The maximum Gasteiger partial charge on any atom is 0.271 e. The van der Waals surface area contributed by atoms with Crippen molar-refractivity contribution in [1.82, 2.24) is 19.7 Å². The molecule has 34 heavy (non-hydrogen) atoms. The zero-order valence-corrected chi connectivity index (χ0v) is 21.5. The molecule has 1 N–H and O–H groups in total. The topological polar surface area (TPSA) is 57.6 Å². The minimum Gasteiger partial charge on any atom is -0.351 e. The summed E-state index contributed by atoms with van der Waals surface area (Å²) in [6.45, 7) is 6.46. The summed E-state index contributed by atoms with van der Waals surface area (Å²) >= 11 is 1.66. The van der Waals surface area contributed by atoms with Crippen molar-refractivity contribution in [3.63, 3.8) is 0 Å². The van der Waals surface area contributed by atoms with Crippen molar-refractivity contribution in [2.45, 2.75) is 95.7 Å². The van der Waals surface area contributed by atoms with Gasteiger partial charge in [0.05, 0.1) is 16.8 Å². The van der Waals surface area contributed by atoms with E-state index in [1.807, 2.05) is 17.9 Å². The van der Waals surface area contributed by atoms with Crippen molar-refractivity contribution in [1.29, 1.82) is 0 Å². The van der Waals surface area contributed by atoms with Crippen LogP contribution in [0.4, 0.5) is 0 Å². The molecule has 1 aliphatic carbocycles. The molecule has 2 fully saturated rings. The Morgan fingerprint density at radius 1 is 1.06 bits per heavy atom. The first-order valence-electron chi connectivity index (χ1n) is 13.5. The quantitative estimate of drug-likeness (QED) is 0.626. The molecular weight excluding hydrogens is 444 g/mol. The van der Waals surface area contributed by atoms with Crippen LogP contribution in [0.15, 0.2) is 17.5 Å². The predicted octanol–water partition coefficient (Wildman–Crippen LogP) is 5.02. The second-order valence-corrected chi connectivity index (χ2v) is 11.7. The highest BCUT2D eigenvalue weighted by Crippen LogP contribution is 2.35. The lowest BCUT2D eigenvalue weighted by Gasteiger charge is -2.45. The highest BCUT2D eigenvalue weighted by molar-refractivity contribution is 7.17. The van der Waals surface area contributed by atoms with E-state index in [9.17, 15) is 9.59 Å². The molecule has 2 amide bonds. The predicted molar refractivity (Wildman–Crippen MR) is 138 cm³/mol. The van der Waals surface area contributed by atoms with Crippen LogP contribution in [0.1, 0.15) is 88.0 Å². The summed E-state index contributed by atoms with van der Waals surface area (Å²) in [4.78, 5) is 32.1. The van der Waals surface area contributed by atoms with Gasteiger partial charge in [0.25, 0.3) is 5.91 Å². The zero-order chi connectivity index (χ0) is 23.5. The Bertz CT molecular complexity index is 1000. The fourth-order valence-electron chi connectivity index (χ4n) is 6.20. The number of fused-ring (bicyclic) bond motifs is 3. The molecule has 1 unspecified atom stereocenters. The molecule has 0 radical (unpaired) electrons. The van der Waals surface area contributed by atoms with Crippen molar-refractivity contribution < 1.29 is 9.59 Å². The fraction of sp³-hybridized carbons (Fsp3) is 0.704. The third kappa shape index (κ3) is 4.78. The van der Waals surface area contributed by atoms with E-state index < -0.39 is 5.54 Å². The number of thiophene rings is 1. The number of aromatic nitrogens is 1. The van der Waals surface area contributed by atoms with Crippen molar-refractivity contribution in [3.8, 4) is 0 Å². The fourth-order valence-corrected chi connectivity index (χ4v) is 7.02. The first-order valence-corrected chi connectivity index (χ1v) is 14.4. The number of carbonyl (C=O) groups is 2. The molecule has 2 aromatic heterocycles. The second kappa shape index (κ2) is 10.4. The van der Waals surface area contributed by atoms with Crippen LogP contribution in [0, 0.1) is 0 Å². The maximum absolute atomic E-state index is 13.9. The number of likely N-dealkylation sites (tertiary alicyclic amines) is 1. The molecule has 0 aromatic carbocycles. The summed E-state index contributed by atoms with van der Waals surface area (Å²) in [5, 5.41) is 5.47. The Balaban J connectivity index is 1.36. The number of nitrogens with zero attached hydrogens (tertiary/aromatic N) is 3. The Hall–Kier alpha value is -1.86. The molecule has 6 nitrogen and oxygen atoms in total. The molecule has 4 heterocycles. The molecule has 0 bridgehead atoms. The molecular formula is C27H40N4O2S. The van der Waals surface area contributed by atoms with Crippen LogP contribution < -0.4 is 5.32 Å². The van der Waals surface area contributed by atoms with E-state index in [1.54, 1.807) is 11.3 Å². The lowest BCUT2D eigenvalue weighted by Crippen LogP contribution is -2.65. The summed E-state index contributed by atoms with van der Waals surface area (Å²) < 4.78 is 3.22. The van der Waals surface area contributed by atoms with Crippen LogP contribution in [-0.4, -0.2) is 63.9 Å². The van der Waals surface area contributed by atoms with Gasteiger partial charge in [0.2, 0.25) is 5.91 Å². The van der Waals surface area contributed by atoms with Crippen LogP contribution in [0.5, 0.6) is 0 Å². The van der Waals surface area contributed by atoms with Gasteiger partial charge in [0.15, 0.2) is 0 Å². The highest BCUT2D eigenvalue weighted by Gasteiger charge is 2.48. The molecule has 1 atom stereocenters. The van der Waals surface area contributed by atoms with Crippen LogP contribution in [0.3, 0.4) is 0 Å². The lowest BCUT2D eigenvalue weighted by molar-refractivity contribution is -0.133. The maximum atomic E-state index is 13.9. The van der Waals surface area contributed by atoms with Gasteiger partial charge in [-0.25, -0.2) is 0 Å². The molecule has 1 saturated carbocycles. The molecule has 2 aromatic rings. The van der Waals surface area contributed by atoms with E-state index in [-0.39, 0.29) is 17.9 Å². The zero-order valence-electron chi connectivity index (χ0n) is 20.7. The molecule has 0 spiro atoms. The number of amides is 2. The van der Waals surface area contributed by atoms with Crippen molar-refractivity contribution in [3.05, 3.63) is 23.2 Å². The second-order valence-electron chi connectivity index (χ2n) is 10.8. The largest absolute Gasteiger partial charge is 0.351 e. The summed E-state index contributed by atoms with van der Waals surface area (Å²) in [5.74, 6) is 0.0238. The molecule has 3 aliphatic rings. The first kappa shape index (κ1) is 23.9. The lowest BCUT2D eigenvalue weighted by atomic mass is 9.92. The van der Waals surface area contributed by atoms with E-state index in [4.69, 9.17) is 0 Å². The SMILES string of the molecule is CC1(C(=O)NC2CCCCCCC2)Cn2c(cc3sccc32)C(=O)N1CCCN1CCCCC1. The van der Waals surface area contributed by atoms with Gasteiger partial charge < -0.3 is 19.7 Å². The summed E-state index contributed by atoms with van der Waals surface area (Å²) in [6, 6.07) is 4.32. The van der Waals surface area contributed by atoms with E-state index in [2.05, 4.69) is 26.2 Å². The third-order valence-electron chi connectivity index (χ3n) is 8.28. The number of hydrogen-bond donors (Lipinski definition) is 1. The van der Waals surface area contributed by atoms with Crippen LogP contribution >= 0.6 is 11.3 Å². The number of piperidine rings is 1. The Labute approximate surface area is 207 Å². The standard InChI is InChI=1S/C27H40N4O2S/c1-27(26(33)28-21-11-6-3-2-4-7-12-21)20-30-22-13-18-34-24(22)19-23(30)25(32)31(27)17-10-16-29-14-8-5-9-15-29/h13,18-19,21H,2-12,14-17,20H2,1H3,(H,28,33). The smallest absolute Gasteiger partial charge is 0.271 e. The summed E-state index contributed by atoms with van der Waals surface area (Å²) in [7, 11) is 0. The van der Waals surface area contributed by atoms with Crippen molar-refractivity contribution in [2.75, 3.05) is 26.2 Å². The Morgan fingerprint density at radius 3 is 2.53 bits per heavy atom. The van der Waals surface area contributed by atoms with Gasteiger partial charge in [-0.3, -0.25) is 9.59 Å². The van der Waals surface area contributed by atoms with Gasteiger partial charge in [-0.15, -0.1) is 11.3 Å². The van der Waals surface area contributed by atoms with E-state index in [0.717, 1.165) is 54.8 Å². The normalized spacial score (nSPS) is 25.2.